The van der Waals surface area contributed by atoms with Crippen LogP contribution >= 0.6 is 11.3 Å². The zero-order valence-corrected chi connectivity index (χ0v) is 12.4. The lowest BCUT2D eigenvalue weighted by atomic mass is 9.96. The highest BCUT2D eigenvalue weighted by atomic mass is 32.1. The summed E-state index contributed by atoms with van der Waals surface area (Å²) >= 11 is 1.64. The van der Waals surface area contributed by atoms with E-state index in [0.717, 1.165) is 11.3 Å². The highest BCUT2D eigenvalue weighted by Crippen LogP contribution is 2.21. The van der Waals surface area contributed by atoms with Gasteiger partial charge in [-0.1, -0.05) is 20.3 Å². The minimum Gasteiger partial charge on any atom is -0.342 e. The lowest BCUT2D eigenvalue weighted by Gasteiger charge is -2.35. The minimum atomic E-state index is -0.369. The molecular weight excluding hydrogens is 260 g/mol. The van der Waals surface area contributed by atoms with Crippen LogP contribution in [-0.4, -0.2) is 29.3 Å². The second-order valence-corrected chi connectivity index (χ2v) is 6.15. The van der Waals surface area contributed by atoms with E-state index in [1.807, 2.05) is 32.2 Å². The molecule has 1 saturated heterocycles. The third kappa shape index (κ3) is 2.97. The summed E-state index contributed by atoms with van der Waals surface area (Å²) in [5, 5.41) is 4.83. The molecule has 1 aliphatic rings. The van der Waals surface area contributed by atoms with Gasteiger partial charge >= 0.3 is 0 Å². The van der Waals surface area contributed by atoms with E-state index in [1.54, 1.807) is 16.2 Å². The van der Waals surface area contributed by atoms with Gasteiger partial charge in [0, 0.05) is 4.88 Å². The molecule has 0 bridgehead atoms. The normalized spacial score (nSPS) is 21.4. The summed E-state index contributed by atoms with van der Waals surface area (Å²) in [7, 11) is 0. The van der Waals surface area contributed by atoms with Crippen LogP contribution in [0.4, 0.5) is 0 Å². The van der Waals surface area contributed by atoms with Crippen LogP contribution in [0.25, 0.3) is 0 Å². The van der Waals surface area contributed by atoms with E-state index in [9.17, 15) is 9.59 Å². The Morgan fingerprint density at radius 3 is 2.84 bits per heavy atom. The summed E-state index contributed by atoms with van der Waals surface area (Å²) in [4.78, 5) is 27.0. The molecule has 1 aromatic rings. The smallest absolute Gasteiger partial charge is 0.246 e. The maximum absolute atomic E-state index is 12.4. The summed E-state index contributed by atoms with van der Waals surface area (Å²) in [6.07, 6.45) is 0.878. The second-order valence-electron chi connectivity index (χ2n) is 5.15. The van der Waals surface area contributed by atoms with Crippen molar-refractivity contribution in [2.75, 3.05) is 6.54 Å². The van der Waals surface area contributed by atoms with E-state index < -0.39 is 0 Å². The Hall–Kier alpha value is -1.36. The predicted octanol–water partition coefficient (Wildman–Crippen LogP) is 1.93. The van der Waals surface area contributed by atoms with Crippen LogP contribution in [0.5, 0.6) is 0 Å². The van der Waals surface area contributed by atoms with Crippen LogP contribution in [0, 0.1) is 12.8 Å². The molecule has 0 aromatic carbocycles. The lowest BCUT2D eigenvalue weighted by Crippen LogP contribution is -2.59. The maximum Gasteiger partial charge on any atom is 0.246 e. The fourth-order valence-corrected chi connectivity index (χ4v) is 3.14. The number of carbonyl (C=O) groups excluding carboxylic acids is 2. The molecule has 0 radical (unpaired) electrons. The van der Waals surface area contributed by atoms with Crippen LogP contribution in [0.1, 0.15) is 30.7 Å². The number of nitrogens with one attached hydrogen (secondary N) is 1. The molecule has 5 heteroatoms. The van der Waals surface area contributed by atoms with Crippen molar-refractivity contribution in [1.29, 1.82) is 0 Å². The number of aryl methyl sites for hydroxylation is 1. The zero-order chi connectivity index (χ0) is 14.0. The summed E-state index contributed by atoms with van der Waals surface area (Å²) in [5.41, 5.74) is 1.18. The van der Waals surface area contributed by atoms with Gasteiger partial charge in [0.2, 0.25) is 11.8 Å². The van der Waals surface area contributed by atoms with Crippen molar-refractivity contribution in [2.45, 2.75) is 39.8 Å². The summed E-state index contributed by atoms with van der Waals surface area (Å²) in [6.45, 7) is 6.79. The molecule has 1 aromatic heterocycles. The van der Waals surface area contributed by atoms with Crippen molar-refractivity contribution < 1.29 is 9.59 Å². The highest BCUT2D eigenvalue weighted by molar-refractivity contribution is 7.10. The molecule has 0 aliphatic carbocycles. The quantitative estimate of drug-likeness (QED) is 0.916. The second kappa shape index (κ2) is 5.74. The van der Waals surface area contributed by atoms with Crippen LogP contribution in [0.15, 0.2) is 11.4 Å². The third-order valence-corrected chi connectivity index (χ3v) is 4.75. The molecule has 1 aliphatic heterocycles. The van der Waals surface area contributed by atoms with Crippen molar-refractivity contribution in [3.05, 3.63) is 21.9 Å². The number of hydrogen-bond acceptors (Lipinski definition) is 3. The molecule has 0 saturated carbocycles. The van der Waals surface area contributed by atoms with Gasteiger partial charge in [0.05, 0.1) is 13.1 Å². The SMILES string of the molecule is CCC(C)C1NC(=O)CN(Cc2sccc2C)C1=O. The molecule has 4 nitrogen and oxygen atoms in total. The first-order valence-corrected chi connectivity index (χ1v) is 7.52. The molecule has 104 valence electrons. The topological polar surface area (TPSA) is 49.4 Å². The van der Waals surface area contributed by atoms with Gasteiger partial charge in [0.1, 0.15) is 6.04 Å². The fourth-order valence-electron chi connectivity index (χ4n) is 2.22. The van der Waals surface area contributed by atoms with Crippen LogP contribution < -0.4 is 5.32 Å². The Morgan fingerprint density at radius 2 is 2.26 bits per heavy atom. The Kier molecular flexibility index (Phi) is 4.24. The molecule has 1 N–H and O–H groups in total. The van der Waals surface area contributed by atoms with Crippen LogP contribution in [0.2, 0.25) is 0 Å². The Morgan fingerprint density at radius 1 is 1.53 bits per heavy atom. The van der Waals surface area contributed by atoms with Gasteiger partial charge in [-0.25, -0.2) is 0 Å². The number of piperazine rings is 1. The van der Waals surface area contributed by atoms with Gasteiger partial charge in [0.15, 0.2) is 0 Å². The van der Waals surface area contributed by atoms with E-state index in [1.165, 1.54) is 5.56 Å². The number of amides is 2. The third-order valence-electron chi connectivity index (χ3n) is 3.74. The molecule has 2 unspecified atom stereocenters. The molecule has 2 heterocycles. The van der Waals surface area contributed by atoms with Gasteiger partial charge in [-0.15, -0.1) is 11.3 Å². The maximum atomic E-state index is 12.4. The van der Waals surface area contributed by atoms with Crippen molar-refractivity contribution >= 4 is 23.2 Å². The summed E-state index contributed by atoms with van der Waals surface area (Å²) in [6, 6.07) is 1.67. The van der Waals surface area contributed by atoms with E-state index in [-0.39, 0.29) is 30.3 Å². The Labute approximate surface area is 117 Å². The van der Waals surface area contributed by atoms with E-state index in [4.69, 9.17) is 0 Å². The minimum absolute atomic E-state index is 0.0433. The average Bonchev–Trinajstić information content (AvgIpc) is 2.78. The number of hydrogen-bond donors (Lipinski definition) is 1. The first-order valence-electron chi connectivity index (χ1n) is 6.64. The van der Waals surface area contributed by atoms with Gasteiger partial charge < -0.3 is 10.2 Å². The highest BCUT2D eigenvalue weighted by Gasteiger charge is 2.35. The Bertz CT molecular complexity index is 484. The molecular formula is C14H20N2O2S. The predicted molar refractivity (Wildman–Crippen MR) is 75.9 cm³/mol. The van der Waals surface area contributed by atoms with Gasteiger partial charge in [-0.3, -0.25) is 9.59 Å². The average molecular weight is 280 g/mol. The summed E-state index contributed by atoms with van der Waals surface area (Å²) in [5.74, 6) is 0.157. The van der Waals surface area contributed by atoms with Crippen LogP contribution in [-0.2, 0) is 16.1 Å². The summed E-state index contributed by atoms with van der Waals surface area (Å²) < 4.78 is 0. The van der Waals surface area contributed by atoms with Gasteiger partial charge in [-0.05, 0) is 29.9 Å². The molecule has 2 atom stereocenters. The standard InChI is InChI=1S/C14H20N2O2S/c1-4-9(2)13-14(18)16(8-12(17)15-13)7-11-10(3)5-6-19-11/h5-6,9,13H,4,7-8H2,1-3H3,(H,15,17). The Balaban J connectivity index is 2.13. The molecule has 1 fully saturated rings. The van der Waals surface area contributed by atoms with E-state index in [2.05, 4.69) is 5.32 Å². The number of carbonyl (C=O) groups is 2. The largest absolute Gasteiger partial charge is 0.342 e. The van der Waals surface area contributed by atoms with Crippen molar-refractivity contribution in [3.63, 3.8) is 0 Å². The molecule has 2 amide bonds. The number of nitrogens with zero attached hydrogens (tertiary/aromatic N) is 1. The van der Waals surface area contributed by atoms with Gasteiger partial charge in [0.25, 0.3) is 0 Å². The zero-order valence-electron chi connectivity index (χ0n) is 11.6. The first kappa shape index (κ1) is 14.1. The lowest BCUT2D eigenvalue weighted by molar-refractivity contribution is -0.146. The van der Waals surface area contributed by atoms with Crippen molar-refractivity contribution in [3.8, 4) is 0 Å². The number of thiophene rings is 1. The van der Waals surface area contributed by atoms with E-state index >= 15 is 0 Å². The van der Waals surface area contributed by atoms with Crippen molar-refractivity contribution in [1.82, 2.24) is 10.2 Å². The fraction of sp³-hybridized carbons (Fsp3) is 0.571. The monoisotopic (exact) mass is 280 g/mol. The van der Waals surface area contributed by atoms with Crippen molar-refractivity contribution in [2.24, 2.45) is 5.92 Å². The van der Waals surface area contributed by atoms with Crippen LogP contribution in [0.3, 0.4) is 0 Å². The molecule has 19 heavy (non-hydrogen) atoms. The first-order chi connectivity index (χ1) is 9.02. The molecule has 0 spiro atoms. The van der Waals surface area contributed by atoms with Gasteiger partial charge in [-0.2, -0.15) is 0 Å². The van der Waals surface area contributed by atoms with E-state index in [0.29, 0.717) is 6.54 Å². The number of rotatable bonds is 4. The molecule has 2 rings (SSSR count).